The van der Waals surface area contributed by atoms with Gasteiger partial charge in [0, 0.05) is 6.42 Å². The third kappa shape index (κ3) is 19.2. The second-order valence-corrected chi connectivity index (χ2v) is 1.66. The Morgan fingerprint density at radius 3 is 2.11 bits per heavy atom. The SMILES string of the molecule is C#C.C#CCCCCC. The maximum absolute atomic E-state index is 5.02. The van der Waals surface area contributed by atoms with Gasteiger partial charge in [0.1, 0.15) is 0 Å². The van der Waals surface area contributed by atoms with Crippen LogP contribution in [0.5, 0.6) is 0 Å². The van der Waals surface area contributed by atoms with Crippen molar-refractivity contribution in [3.63, 3.8) is 0 Å². The molecule has 0 radical (unpaired) electrons. The van der Waals surface area contributed by atoms with Gasteiger partial charge in [0.05, 0.1) is 0 Å². The van der Waals surface area contributed by atoms with Crippen molar-refractivity contribution < 1.29 is 0 Å². The summed E-state index contributed by atoms with van der Waals surface area (Å²) in [4.78, 5) is 0. The van der Waals surface area contributed by atoms with Crippen LogP contribution in [0.2, 0.25) is 0 Å². The van der Waals surface area contributed by atoms with E-state index in [0.717, 1.165) is 6.42 Å². The van der Waals surface area contributed by atoms with Gasteiger partial charge in [-0.1, -0.05) is 19.8 Å². The zero-order chi connectivity index (χ0) is 7.54. The van der Waals surface area contributed by atoms with Crippen LogP contribution in [0.3, 0.4) is 0 Å². The van der Waals surface area contributed by atoms with E-state index in [1.807, 2.05) is 0 Å². The van der Waals surface area contributed by atoms with Crippen LogP contribution in [0.15, 0.2) is 0 Å². The first kappa shape index (κ1) is 11.0. The van der Waals surface area contributed by atoms with Gasteiger partial charge < -0.3 is 0 Å². The van der Waals surface area contributed by atoms with Crippen molar-refractivity contribution in [1.82, 2.24) is 0 Å². The van der Waals surface area contributed by atoms with Gasteiger partial charge in [-0.15, -0.1) is 25.2 Å². The van der Waals surface area contributed by atoms with E-state index in [1.165, 1.54) is 19.3 Å². The Labute approximate surface area is 58.7 Å². The highest BCUT2D eigenvalue weighted by Gasteiger charge is 1.77. The quantitative estimate of drug-likeness (QED) is 0.398. The molecule has 50 valence electrons. The largest absolute Gasteiger partial charge is 0.124 e. The first-order valence-electron chi connectivity index (χ1n) is 3.18. The Morgan fingerprint density at radius 1 is 1.22 bits per heavy atom. The molecule has 0 N–H and O–H groups in total. The molecule has 0 saturated carbocycles. The molecule has 0 aliphatic heterocycles. The zero-order valence-electron chi connectivity index (χ0n) is 6.06. The van der Waals surface area contributed by atoms with Crippen molar-refractivity contribution >= 4 is 0 Å². The van der Waals surface area contributed by atoms with Crippen LogP contribution >= 0.6 is 0 Å². The molecule has 0 aromatic rings. The summed E-state index contributed by atoms with van der Waals surface area (Å²) in [5, 5.41) is 0. The van der Waals surface area contributed by atoms with Crippen LogP contribution in [-0.4, -0.2) is 0 Å². The van der Waals surface area contributed by atoms with Gasteiger partial charge in [-0.2, -0.15) is 0 Å². The lowest BCUT2D eigenvalue weighted by atomic mass is 10.2. The fourth-order valence-electron chi connectivity index (χ4n) is 0.477. The summed E-state index contributed by atoms with van der Waals surface area (Å²) in [6, 6.07) is 0. The molecule has 0 amide bonds. The van der Waals surface area contributed by atoms with E-state index >= 15 is 0 Å². The summed E-state index contributed by atoms with van der Waals surface area (Å²) in [5.74, 6) is 2.60. The second kappa shape index (κ2) is 15.7. The maximum Gasteiger partial charge on any atom is 0.00860 e. The van der Waals surface area contributed by atoms with E-state index in [-0.39, 0.29) is 0 Å². The third-order valence-corrected chi connectivity index (χ3v) is 0.925. The van der Waals surface area contributed by atoms with E-state index in [9.17, 15) is 0 Å². The molecule has 0 heterocycles. The van der Waals surface area contributed by atoms with Crippen molar-refractivity contribution in [3.05, 3.63) is 0 Å². The van der Waals surface area contributed by atoms with Crippen LogP contribution in [0.1, 0.15) is 32.6 Å². The minimum absolute atomic E-state index is 0.952. The molecule has 0 saturated heterocycles. The second-order valence-electron chi connectivity index (χ2n) is 1.66. The summed E-state index contributed by atoms with van der Waals surface area (Å²) in [6.45, 7) is 2.18. The molecule has 0 aromatic carbocycles. The molecule has 0 aliphatic rings. The molecule has 0 rings (SSSR count). The Kier molecular flexibility index (Phi) is 19.2. The van der Waals surface area contributed by atoms with E-state index in [1.54, 1.807) is 0 Å². The summed E-state index contributed by atoms with van der Waals surface area (Å²) < 4.78 is 0. The van der Waals surface area contributed by atoms with Gasteiger partial charge in [0.15, 0.2) is 0 Å². The standard InChI is InChI=1S/C7H12.C2H2/c1-3-5-7-6-4-2;1-2/h1H,4-7H2,2H3;1-2H. The lowest BCUT2D eigenvalue weighted by Crippen LogP contribution is -1.68. The highest BCUT2D eigenvalue weighted by molar-refractivity contribution is 4.82. The first-order chi connectivity index (χ1) is 4.41. The van der Waals surface area contributed by atoms with Gasteiger partial charge >= 0.3 is 0 Å². The molecular weight excluding hydrogens is 108 g/mol. The first-order valence-corrected chi connectivity index (χ1v) is 3.18. The molecule has 0 nitrogen and oxygen atoms in total. The topological polar surface area (TPSA) is 0 Å². The molecule has 9 heavy (non-hydrogen) atoms. The molecule has 0 spiro atoms. The average Bonchev–Trinajstić information content (AvgIpc) is 1.94. The van der Waals surface area contributed by atoms with Crippen LogP contribution in [0, 0.1) is 25.2 Å². The zero-order valence-corrected chi connectivity index (χ0v) is 6.06. The Balaban J connectivity index is 0. The normalized spacial score (nSPS) is 6.44. The molecular formula is C9H14. The number of rotatable bonds is 3. The maximum atomic E-state index is 5.02. The summed E-state index contributed by atoms with van der Waals surface area (Å²) in [6.07, 6.45) is 17.7. The van der Waals surface area contributed by atoms with Crippen molar-refractivity contribution in [1.29, 1.82) is 0 Å². The predicted molar refractivity (Wildman–Crippen MR) is 42.9 cm³/mol. The highest BCUT2D eigenvalue weighted by Crippen LogP contribution is 1.95. The summed E-state index contributed by atoms with van der Waals surface area (Å²) in [7, 11) is 0. The lowest BCUT2D eigenvalue weighted by molar-refractivity contribution is 0.737. The molecule has 0 heteroatoms. The highest BCUT2D eigenvalue weighted by atomic mass is 13.8. The van der Waals surface area contributed by atoms with Crippen molar-refractivity contribution in [2.45, 2.75) is 32.6 Å². The number of hydrogen-bond acceptors (Lipinski definition) is 0. The minimum Gasteiger partial charge on any atom is -0.124 e. The summed E-state index contributed by atoms with van der Waals surface area (Å²) in [5.41, 5.74) is 0. The molecule has 0 aliphatic carbocycles. The van der Waals surface area contributed by atoms with Crippen molar-refractivity contribution in [2.75, 3.05) is 0 Å². The van der Waals surface area contributed by atoms with Crippen LogP contribution in [0.25, 0.3) is 0 Å². The van der Waals surface area contributed by atoms with Gasteiger partial charge in [-0.3, -0.25) is 0 Å². The Morgan fingerprint density at radius 2 is 1.78 bits per heavy atom. The van der Waals surface area contributed by atoms with Gasteiger partial charge in [-0.25, -0.2) is 0 Å². The number of unbranched alkanes of at least 4 members (excludes halogenated alkanes) is 3. The number of hydrogen-bond donors (Lipinski definition) is 0. The van der Waals surface area contributed by atoms with E-state index in [4.69, 9.17) is 6.42 Å². The molecule has 0 unspecified atom stereocenters. The molecule has 0 fully saturated rings. The fraction of sp³-hybridized carbons (Fsp3) is 0.556. The van der Waals surface area contributed by atoms with E-state index in [0.29, 0.717) is 0 Å². The fourth-order valence-corrected chi connectivity index (χ4v) is 0.477. The molecule has 0 atom stereocenters. The lowest BCUT2D eigenvalue weighted by Gasteiger charge is -1.86. The number of terminal acetylenes is 2. The van der Waals surface area contributed by atoms with Gasteiger partial charge in [0.25, 0.3) is 0 Å². The van der Waals surface area contributed by atoms with Crippen molar-refractivity contribution in [2.24, 2.45) is 0 Å². The third-order valence-electron chi connectivity index (χ3n) is 0.925. The van der Waals surface area contributed by atoms with Crippen LogP contribution in [-0.2, 0) is 0 Å². The van der Waals surface area contributed by atoms with Gasteiger partial charge in [-0.05, 0) is 6.42 Å². The predicted octanol–water partition coefficient (Wildman–Crippen LogP) is 2.45. The average molecular weight is 122 g/mol. The summed E-state index contributed by atoms with van der Waals surface area (Å²) >= 11 is 0. The minimum atomic E-state index is 0.952. The van der Waals surface area contributed by atoms with Gasteiger partial charge in [0.2, 0.25) is 0 Å². The smallest absolute Gasteiger partial charge is 0.00860 e. The molecule has 0 aromatic heterocycles. The van der Waals surface area contributed by atoms with E-state index in [2.05, 4.69) is 25.7 Å². The van der Waals surface area contributed by atoms with Crippen molar-refractivity contribution in [3.8, 4) is 25.2 Å². The van der Waals surface area contributed by atoms with E-state index < -0.39 is 0 Å². The van der Waals surface area contributed by atoms with Crippen LogP contribution in [0.4, 0.5) is 0 Å². The molecule has 0 bridgehead atoms. The Hall–Kier alpha value is -0.880. The Bertz CT molecular complexity index is 81.9. The van der Waals surface area contributed by atoms with Crippen LogP contribution < -0.4 is 0 Å². The monoisotopic (exact) mass is 122 g/mol.